The van der Waals surface area contributed by atoms with Gasteiger partial charge in [-0.3, -0.25) is 4.79 Å². The second-order valence-electron chi connectivity index (χ2n) is 6.97. The van der Waals surface area contributed by atoms with Gasteiger partial charge in [0.05, 0.1) is 18.5 Å². The number of hydrogen-bond acceptors (Lipinski definition) is 7. The molecule has 1 N–H and O–H groups in total. The quantitative estimate of drug-likeness (QED) is 0.233. The average molecular weight is 440 g/mol. The minimum absolute atomic E-state index is 0.0717. The molecule has 1 amide bonds. The van der Waals surface area contributed by atoms with E-state index in [9.17, 15) is 9.59 Å². The number of ether oxygens (including phenoxy) is 1. The van der Waals surface area contributed by atoms with Gasteiger partial charge in [-0.25, -0.2) is 14.8 Å². The van der Waals surface area contributed by atoms with Crippen molar-refractivity contribution < 1.29 is 18.7 Å². The Hall–Kier alpha value is -3.13. The van der Waals surface area contributed by atoms with Gasteiger partial charge < -0.3 is 14.5 Å². The number of amides is 1. The first kappa shape index (κ1) is 22.6. The smallest absolute Gasteiger partial charge is 0.342 e. The van der Waals surface area contributed by atoms with Crippen LogP contribution in [0.2, 0.25) is 0 Å². The van der Waals surface area contributed by atoms with Gasteiger partial charge >= 0.3 is 5.97 Å². The molecule has 8 heteroatoms. The number of hydrogen-bond donors (Lipinski definition) is 1. The molecule has 3 rings (SSSR count). The lowest BCUT2D eigenvalue weighted by molar-refractivity contribution is -0.121. The first-order chi connectivity index (χ1) is 15.0. The van der Waals surface area contributed by atoms with Gasteiger partial charge in [-0.15, -0.1) is 11.8 Å². The Morgan fingerprint density at radius 1 is 1.13 bits per heavy atom. The molecule has 7 nitrogen and oxygen atoms in total. The molecule has 0 fully saturated rings. The predicted octanol–water partition coefficient (Wildman–Crippen LogP) is 3.98. The van der Waals surface area contributed by atoms with Crippen LogP contribution in [0.1, 0.15) is 33.6 Å². The summed E-state index contributed by atoms with van der Waals surface area (Å²) in [5, 5.41) is 3.30. The van der Waals surface area contributed by atoms with E-state index in [4.69, 9.17) is 9.15 Å². The van der Waals surface area contributed by atoms with Crippen molar-refractivity contribution in [2.45, 2.75) is 31.7 Å². The van der Waals surface area contributed by atoms with E-state index in [1.54, 1.807) is 25.3 Å². The number of nitrogens with one attached hydrogen (secondary N) is 1. The van der Waals surface area contributed by atoms with E-state index in [2.05, 4.69) is 15.3 Å². The van der Waals surface area contributed by atoms with Gasteiger partial charge in [0, 0.05) is 6.42 Å². The number of carbonyl (C=O) groups is 2. The van der Waals surface area contributed by atoms with Crippen LogP contribution >= 0.6 is 11.8 Å². The summed E-state index contributed by atoms with van der Waals surface area (Å²) in [6, 6.07) is 11.6. The molecule has 2 heterocycles. The highest BCUT2D eigenvalue weighted by atomic mass is 32.2. The molecule has 0 saturated carbocycles. The van der Waals surface area contributed by atoms with E-state index in [1.807, 2.05) is 37.4 Å². The number of aromatic nitrogens is 2. The summed E-state index contributed by atoms with van der Waals surface area (Å²) in [4.78, 5) is 33.4. The molecule has 3 aromatic rings. The fourth-order valence-electron chi connectivity index (χ4n) is 2.95. The van der Waals surface area contributed by atoms with Crippen molar-refractivity contribution in [2.75, 3.05) is 19.4 Å². The fraction of sp³-hybridized carbons (Fsp3) is 0.304. The molecule has 0 atom stereocenters. The first-order valence-electron chi connectivity index (χ1n) is 9.94. The second-order valence-corrected chi connectivity index (χ2v) is 7.76. The monoisotopic (exact) mass is 439 g/mol. The number of benzene rings is 1. The molecule has 0 radical (unpaired) electrons. The van der Waals surface area contributed by atoms with Gasteiger partial charge in [0.2, 0.25) is 5.91 Å². The minimum Gasteiger partial charge on any atom is -0.461 e. The van der Waals surface area contributed by atoms with Crippen LogP contribution in [0.25, 0.3) is 11.6 Å². The highest BCUT2D eigenvalue weighted by Gasteiger charge is 2.21. The number of aryl methyl sites for hydroxylation is 3. The maximum Gasteiger partial charge on any atom is 0.342 e. The normalized spacial score (nSPS) is 10.7. The van der Waals surface area contributed by atoms with Crippen molar-refractivity contribution in [3.63, 3.8) is 0 Å². The molecule has 0 saturated heterocycles. The number of thioether (sulfide) groups is 1. The van der Waals surface area contributed by atoms with Crippen LogP contribution in [0.15, 0.2) is 52.1 Å². The number of furan rings is 1. The van der Waals surface area contributed by atoms with Gasteiger partial charge in [0.15, 0.2) is 11.6 Å². The summed E-state index contributed by atoms with van der Waals surface area (Å²) in [6.45, 7) is 4.08. The number of esters is 1. The lowest BCUT2D eigenvalue weighted by Crippen LogP contribution is -2.28. The molecule has 0 aliphatic carbocycles. The Bertz CT molecular complexity index is 1030. The predicted molar refractivity (Wildman–Crippen MR) is 119 cm³/mol. The Kier molecular flexibility index (Phi) is 7.83. The highest BCUT2D eigenvalue weighted by molar-refractivity contribution is 7.98. The summed E-state index contributed by atoms with van der Waals surface area (Å²) in [5.41, 5.74) is 3.15. The molecule has 0 bridgehead atoms. The SMILES string of the molecule is CSc1nc(-c2ccco2)nc(C)c1C(=O)OCCNC(=O)CCc1ccc(C)cc1. The van der Waals surface area contributed by atoms with Gasteiger partial charge in [-0.1, -0.05) is 29.8 Å². The van der Waals surface area contributed by atoms with E-state index >= 15 is 0 Å². The van der Waals surface area contributed by atoms with Crippen molar-refractivity contribution in [3.8, 4) is 11.6 Å². The lowest BCUT2D eigenvalue weighted by atomic mass is 10.1. The van der Waals surface area contributed by atoms with E-state index in [0.717, 1.165) is 5.56 Å². The van der Waals surface area contributed by atoms with Gasteiger partial charge in [0.25, 0.3) is 0 Å². The summed E-state index contributed by atoms with van der Waals surface area (Å²) < 4.78 is 10.7. The molecule has 0 unspecified atom stereocenters. The zero-order chi connectivity index (χ0) is 22.2. The average Bonchev–Trinajstić information content (AvgIpc) is 3.30. The standard InChI is InChI=1S/C23H25N3O4S/c1-15-6-8-17(9-7-15)10-11-19(27)24-12-14-30-23(28)20-16(2)25-21(26-22(20)31-3)18-5-4-13-29-18/h4-9,13H,10-12,14H2,1-3H3,(H,24,27). The number of nitrogens with zero attached hydrogens (tertiary/aromatic N) is 2. The Balaban J connectivity index is 1.49. The van der Waals surface area contributed by atoms with Gasteiger partial charge in [0.1, 0.15) is 17.2 Å². The highest BCUT2D eigenvalue weighted by Crippen LogP contribution is 2.25. The molecule has 31 heavy (non-hydrogen) atoms. The number of rotatable bonds is 9. The second kappa shape index (κ2) is 10.8. The van der Waals surface area contributed by atoms with Crippen LogP contribution < -0.4 is 5.32 Å². The van der Waals surface area contributed by atoms with E-state index < -0.39 is 5.97 Å². The molecule has 0 aliphatic rings. The third-order valence-electron chi connectivity index (χ3n) is 4.61. The third-order valence-corrected chi connectivity index (χ3v) is 5.30. The molecule has 2 aromatic heterocycles. The topological polar surface area (TPSA) is 94.3 Å². The fourth-order valence-corrected chi connectivity index (χ4v) is 3.57. The zero-order valence-corrected chi connectivity index (χ0v) is 18.6. The summed E-state index contributed by atoms with van der Waals surface area (Å²) in [6.07, 6.45) is 4.43. The van der Waals surface area contributed by atoms with Crippen LogP contribution in [0.3, 0.4) is 0 Å². The summed E-state index contributed by atoms with van der Waals surface area (Å²) in [5.74, 6) is 0.362. The number of carbonyl (C=O) groups excluding carboxylic acids is 2. The van der Waals surface area contributed by atoms with Crippen molar-refractivity contribution in [3.05, 3.63) is 65.0 Å². The largest absolute Gasteiger partial charge is 0.461 e. The van der Waals surface area contributed by atoms with Gasteiger partial charge in [-0.2, -0.15) is 0 Å². The van der Waals surface area contributed by atoms with Crippen LogP contribution in [0, 0.1) is 13.8 Å². The molecule has 0 aliphatic heterocycles. The van der Waals surface area contributed by atoms with Crippen molar-refractivity contribution >= 4 is 23.6 Å². The van der Waals surface area contributed by atoms with Crippen LogP contribution in [0.5, 0.6) is 0 Å². The van der Waals surface area contributed by atoms with Crippen molar-refractivity contribution in [1.29, 1.82) is 0 Å². The zero-order valence-electron chi connectivity index (χ0n) is 17.8. The van der Waals surface area contributed by atoms with E-state index in [-0.39, 0.29) is 19.1 Å². The molecular weight excluding hydrogens is 414 g/mol. The molecular formula is C23H25N3O4S. The summed E-state index contributed by atoms with van der Waals surface area (Å²) >= 11 is 1.34. The third kappa shape index (κ3) is 6.18. The van der Waals surface area contributed by atoms with Crippen LogP contribution in [-0.4, -0.2) is 41.3 Å². The molecule has 1 aromatic carbocycles. The maximum atomic E-state index is 12.6. The Morgan fingerprint density at radius 3 is 2.58 bits per heavy atom. The minimum atomic E-state index is -0.512. The van der Waals surface area contributed by atoms with Gasteiger partial charge in [-0.05, 0) is 44.2 Å². The van der Waals surface area contributed by atoms with E-state index in [0.29, 0.717) is 40.7 Å². The van der Waals surface area contributed by atoms with Crippen molar-refractivity contribution in [1.82, 2.24) is 15.3 Å². The molecule has 0 spiro atoms. The van der Waals surface area contributed by atoms with Crippen LogP contribution in [0.4, 0.5) is 0 Å². The van der Waals surface area contributed by atoms with E-state index in [1.165, 1.54) is 17.3 Å². The summed E-state index contributed by atoms with van der Waals surface area (Å²) in [7, 11) is 0. The first-order valence-corrected chi connectivity index (χ1v) is 11.2. The van der Waals surface area contributed by atoms with Crippen molar-refractivity contribution in [2.24, 2.45) is 0 Å². The lowest BCUT2D eigenvalue weighted by Gasteiger charge is -2.11. The van der Waals surface area contributed by atoms with Crippen LogP contribution in [-0.2, 0) is 16.0 Å². The molecule has 162 valence electrons. The Morgan fingerprint density at radius 2 is 1.90 bits per heavy atom. The maximum absolute atomic E-state index is 12.6. The Labute approximate surface area is 185 Å².